The van der Waals surface area contributed by atoms with E-state index < -0.39 is 0 Å². The highest BCUT2D eigenvalue weighted by Gasteiger charge is 2.25. The predicted octanol–water partition coefficient (Wildman–Crippen LogP) is 3.36. The maximum atomic E-state index is 5.76. The molecule has 1 aliphatic heterocycles. The van der Waals surface area contributed by atoms with E-state index in [-0.39, 0.29) is 0 Å². The van der Waals surface area contributed by atoms with Crippen LogP contribution in [0.5, 0.6) is 0 Å². The van der Waals surface area contributed by atoms with Crippen LogP contribution in [0.3, 0.4) is 0 Å². The van der Waals surface area contributed by atoms with Crippen LogP contribution < -0.4 is 5.32 Å². The van der Waals surface area contributed by atoms with E-state index in [2.05, 4.69) is 39.9 Å². The fraction of sp³-hybridized carbons (Fsp3) is 1.00. The van der Waals surface area contributed by atoms with Gasteiger partial charge in [0.05, 0.1) is 12.2 Å². The van der Waals surface area contributed by atoms with Gasteiger partial charge in [-0.15, -0.1) is 0 Å². The smallest absolute Gasteiger partial charge is 0.0565 e. The molecule has 0 spiro atoms. The molecule has 2 nitrogen and oxygen atoms in total. The van der Waals surface area contributed by atoms with Crippen LogP contribution in [0, 0.1) is 5.92 Å². The Morgan fingerprint density at radius 2 is 1.75 bits per heavy atom. The van der Waals surface area contributed by atoms with Gasteiger partial charge in [-0.1, -0.05) is 20.3 Å². The second kappa shape index (κ2) is 6.61. The van der Waals surface area contributed by atoms with Crippen molar-refractivity contribution in [3.8, 4) is 0 Å². The summed E-state index contributed by atoms with van der Waals surface area (Å²) in [5.74, 6) is 0.831. The van der Waals surface area contributed by atoms with Gasteiger partial charge >= 0.3 is 0 Å². The van der Waals surface area contributed by atoms with Gasteiger partial charge in [-0.3, -0.25) is 0 Å². The predicted molar refractivity (Wildman–Crippen MR) is 69.7 cm³/mol. The molecule has 0 aromatic rings. The largest absolute Gasteiger partial charge is 0.375 e. The van der Waals surface area contributed by atoms with E-state index in [1.807, 2.05) is 0 Å². The Morgan fingerprint density at radius 1 is 1.19 bits per heavy atom. The van der Waals surface area contributed by atoms with E-state index in [0.29, 0.717) is 24.3 Å². The highest BCUT2D eigenvalue weighted by atomic mass is 16.5. The van der Waals surface area contributed by atoms with Crippen LogP contribution in [0.1, 0.15) is 60.3 Å². The molecule has 0 saturated carbocycles. The van der Waals surface area contributed by atoms with E-state index in [9.17, 15) is 0 Å². The number of hydrogen-bond acceptors (Lipinski definition) is 2. The second-order valence-electron chi connectivity index (χ2n) is 5.74. The van der Waals surface area contributed by atoms with Gasteiger partial charge in [0.2, 0.25) is 0 Å². The van der Waals surface area contributed by atoms with Gasteiger partial charge in [0, 0.05) is 12.1 Å². The monoisotopic (exact) mass is 227 g/mol. The van der Waals surface area contributed by atoms with Gasteiger partial charge in [0.25, 0.3) is 0 Å². The van der Waals surface area contributed by atoms with Gasteiger partial charge in [-0.05, 0) is 46.0 Å². The molecule has 96 valence electrons. The van der Waals surface area contributed by atoms with E-state index in [4.69, 9.17) is 4.74 Å². The lowest BCUT2D eigenvalue weighted by molar-refractivity contribution is -0.0435. The third-order valence-electron chi connectivity index (χ3n) is 3.67. The first-order valence-electron chi connectivity index (χ1n) is 6.92. The maximum Gasteiger partial charge on any atom is 0.0565 e. The number of nitrogens with one attached hydrogen (secondary N) is 1. The third-order valence-corrected chi connectivity index (χ3v) is 3.67. The molecule has 0 bridgehead atoms. The van der Waals surface area contributed by atoms with Crippen LogP contribution in [0.25, 0.3) is 0 Å². The zero-order chi connectivity index (χ0) is 12.1. The molecular weight excluding hydrogens is 198 g/mol. The van der Waals surface area contributed by atoms with E-state index in [0.717, 1.165) is 18.8 Å². The number of hydrogen-bond donors (Lipinski definition) is 1. The molecule has 0 aromatic heterocycles. The standard InChI is InChI=1S/C14H29NO/c1-6-10(2)7-11(3)15-14-8-12(4)16-13(5)9-14/h10-15H,6-9H2,1-5H3. The third kappa shape index (κ3) is 4.84. The molecule has 0 aliphatic carbocycles. The summed E-state index contributed by atoms with van der Waals surface area (Å²) in [4.78, 5) is 0. The van der Waals surface area contributed by atoms with Crippen LogP contribution >= 0.6 is 0 Å². The van der Waals surface area contributed by atoms with Gasteiger partial charge in [0.1, 0.15) is 0 Å². The molecule has 4 atom stereocenters. The molecule has 1 fully saturated rings. The molecule has 1 rings (SSSR count). The van der Waals surface area contributed by atoms with Crippen molar-refractivity contribution in [3.63, 3.8) is 0 Å². The minimum atomic E-state index is 0.414. The van der Waals surface area contributed by atoms with Crippen molar-refractivity contribution >= 4 is 0 Å². The summed E-state index contributed by atoms with van der Waals surface area (Å²) >= 11 is 0. The van der Waals surface area contributed by atoms with Gasteiger partial charge in [0.15, 0.2) is 0 Å². The Kier molecular flexibility index (Phi) is 5.77. The van der Waals surface area contributed by atoms with Crippen LogP contribution in [0.15, 0.2) is 0 Å². The van der Waals surface area contributed by atoms with Crippen LogP contribution in [-0.4, -0.2) is 24.3 Å². The van der Waals surface area contributed by atoms with Crippen molar-refractivity contribution in [1.29, 1.82) is 0 Å². The Balaban J connectivity index is 2.29. The minimum Gasteiger partial charge on any atom is -0.375 e. The van der Waals surface area contributed by atoms with Gasteiger partial charge in [-0.25, -0.2) is 0 Å². The Hall–Kier alpha value is -0.0800. The van der Waals surface area contributed by atoms with Crippen molar-refractivity contribution < 1.29 is 4.74 Å². The normalized spacial score (nSPS) is 34.7. The Bertz CT molecular complexity index is 185. The molecular formula is C14H29NO. The first kappa shape index (κ1) is 14.0. The minimum absolute atomic E-state index is 0.414. The molecule has 1 saturated heterocycles. The summed E-state index contributed by atoms with van der Waals surface area (Å²) < 4.78 is 5.76. The molecule has 4 unspecified atom stereocenters. The number of ether oxygens (including phenoxy) is 1. The van der Waals surface area contributed by atoms with E-state index in [1.165, 1.54) is 12.8 Å². The lowest BCUT2D eigenvalue weighted by atomic mass is 9.96. The lowest BCUT2D eigenvalue weighted by Crippen LogP contribution is -2.45. The summed E-state index contributed by atoms with van der Waals surface area (Å²) in [6.07, 6.45) is 5.72. The zero-order valence-electron chi connectivity index (χ0n) is 11.6. The summed E-state index contributed by atoms with van der Waals surface area (Å²) in [7, 11) is 0. The molecule has 1 N–H and O–H groups in total. The zero-order valence-corrected chi connectivity index (χ0v) is 11.6. The second-order valence-corrected chi connectivity index (χ2v) is 5.74. The van der Waals surface area contributed by atoms with Crippen molar-refractivity contribution in [2.24, 2.45) is 5.92 Å². The van der Waals surface area contributed by atoms with Crippen LogP contribution in [-0.2, 0) is 4.74 Å². The molecule has 2 heteroatoms. The highest BCUT2D eigenvalue weighted by Crippen LogP contribution is 2.20. The summed E-state index contributed by atoms with van der Waals surface area (Å²) in [5, 5.41) is 3.76. The maximum absolute atomic E-state index is 5.76. The molecule has 0 aromatic carbocycles. The van der Waals surface area contributed by atoms with Gasteiger partial charge < -0.3 is 10.1 Å². The van der Waals surface area contributed by atoms with E-state index >= 15 is 0 Å². The SMILES string of the molecule is CCC(C)CC(C)NC1CC(C)OC(C)C1. The van der Waals surface area contributed by atoms with Crippen molar-refractivity contribution in [2.45, 2.75) is 84.6 Å². The van der Waals surface area contributed by atoms with Crippen molar-refractivity contribution in [2.75, 3.05) is 0 Å². The van der Waals surface area contributed by atoms with Crippen molar-refractivity contribution in [3.05, 3.63) is 0 Å². The summed E-state index contributed by atoms with van der Waals surface area (Å²) in [5.41, 5.74) is 0. The summed E-state index contributed by atoms with van der Waals surface area (Å²) in [6.45, 7) is 11.3. The first-order chi connectivity index (χ1) is 7.51. The van der Waals surface area contributed by atoms with Crippen LogP contribution in [0.2, 0.25) is 0 Å². The topological polar surface area (TPSA) is 21.3 Å². The van der Waals surface area contributed by atoms with Gasteiger partial charge in [-0.2, -0.15) is 0 Å². The Labute approximate surface area is 101 Å². The molecule has 0 radical (unpaired) electrons. The first-order valence-corrected chi connectivity index (χ1v) is 6.92. The molecule has 16 heavy (non-hydrogen) atoms. The average Bonchev–Trinajstić information content (AvgIpc) is 2.15. The summed E-state index contributed by atoms with van der Waals surface area (Å²) in [6, 6.07) is 1.29. The fourth-order valence-corrected chi connectivity index (χ4v) is 2.78. The highest BCUT2D eigenvalue weighted by molar-refractivity contribution is 4.81. The average molecular weight is 227 g/mol. The van der Waals surface area contributed by atoms with Crippen molar-refractivity contribution in [1.82, 2.24) is 5.32 Å². The van der Waals surface area contributed by atoms with Crippen LogP contribution in [0.4, 0.5) is 0 Å². The number of rotatable bonds is 5. The lowest BCUT2D eigenvalue weighted by Gasteiger charge is -2.34. The Morgan fingerprint density at radius 3 is 2.25 bits per heavy atom. The molecule has 1 aliphatic rings. The molecule has 1 heterocycles. The fourth-order valence-electron chi connectivity index (χ4n) is 2.78. The molecule has 0 amide bonds. The quantitative estimate of drug-likeness (QED) is 0.777. The van der Waals surface area contributed by atoms with E-state index in [1.54, 1.807) is 0 Å².